The molecule has 0 spiro atoms. The molecule has 5 aromatic rings. The van der Waals surface area contributed by atoms with Crippen LogP contribution in [0.15, 0.2) is 60.7 Å². The van der Waals surface area contributed by atoms with E-state index in [1.54, 1.807) is 7.11 Å². The molecule has 0 bridgehead atoms. The Kier molecular flexibility index (Phi) is 7.34. The van der Waals surface area contributed by atoms with Crippen molar-refractivity contribution in [1.29, 1.82) is 0 Å². The first-order valence-corrected chi connectivity index (χ1v) is 13.9. The van der Waals surface area contributed by atoms with Gasteiger partial charge in [-0.15, -0.1) is 0 Å². The van der Waals surface area contributed by atoms with Crippen molar-refractivity contribution >= 4 is 54.4 Å². The molecule has 202 valence electrons. The average Bonchev–Trinajstić information content (AvgIpc) is 3.54. The maximum atomic E-state index is 12.7. The number of anilines is 1. The monoisotopic (exact) mass is 545 g/mol. The molecule has 39 heavy (non-hydrogen) atoms. The Bertz CT molecular complexity index is 1610. The summed E-state index contributed by atoms with van der Waals surface area (Å²) in [6, 6.07) is 19.8. The molecule has 1 aliphatic heterocycles. The number of fused-ring (bicyclic) bond motifs is 4. The van der Waals surface area contributed by atoms with Gasteiger partial charge in [-0.1, -0.05) is 41.7 Å². The summed E-state index contributed by atoms with van der Waals surface area (Å²) in [5.41, 5.74) is 2.84. The summed E-state index contributed by atoms with van der Waals surface area (Å²) in [5.74, 6) is 1.38. The Morgan fingerprint density at radius 2 is 1.77 bits per heavy atom. The maximum absolute atomic E-state index is 12.7. The zero-order chi connectivity index (χ0) is 26.8. The van der Waals surface area contributed by atoms with Crippen molar-refractivity contribution in [3.63, 3.8) is 0 Å². The van der Waals surface area contributed by atoms with Crippen LogP contribution in [0.5, 0.6) is 11.5 Å². The third-order valence-electron chi connectivity index (χ3n) is 7.07. The van der Waals surface area contributed by atoms with Gasteiger partial charge in [0.05, 0.1) is 23.9 Å². The third-order valence-corrected chi connectivity index (χ3v) is 8.01. The molecule has 1 amide bonds. The highest BCUT2D eigenvalue weighted by molar-refractivity contribution is 7.22. The standard InChI is InChI=1S/C29H31N5O4S/c1-37-24-10-5-11-25-28(24)32-29(39-25)31-26(36)17-34-14-12-33(13-15-34)16-19(35)18-38-23-9-4-8-22-27(23)20-6-2-3-7-21(20)30-22/h2-11,19,30,35H,12-18H2,1H3,(H,31,32,36). The molecule has 3 aromatic carbocycles. The quantitative estimate of drug-likeness (QED) is 0.258. The van der Waals surface area contributed by atoms with E-state index in [0.29, 0.717) is 24.0 Å². The number of H-pyrrole nitrogens is 1. The number of aromatic nitrogens is 2. The number of benzene rings is 3. The summed E-state index contributed by atoms with van der Waals surface area (Å²) in [4.78, 5) is 24.9. The number of methoxy groups -OCH3 is 1. The van der Waals surface area contributed by atoms with E-state index in [-0.39, 0.29) is 12.5 Å². The normalized spacial score (nSPS) is 15.6. The number of β-amino-alcohol motifs (C(OH)–C–C–N with tert-alkyl or cyclic N) is 1. The minimum atomic E-state index is -0.615. The number of rotatable bonds is 9. The van der Waals surface area contributed by atoms with Gasteiger partial charge in [-0.25, -0.2) is 4.98 Å². The van der Waals surface area contributed by atoms with Crippen molar-refractivity contribution in [2.24, 2.45) is 0 Å². The van der Waals surface area contributed by atoms with Crippen molar-refractivity contribution in [3.05, 3.63) is 60.7 Å². The molecular formula is C29H31N5O4S. The van der Waals surface area contributed by atoms with E-state index in [1.165, 1.54) is 11.3 Å². The number of nitrogens with one attached hydrogen (secondary N) is 2. The van der Waals surface area contributed by atoms with Crippen molar-refractivity contribution in [1.82, 2.24) is 19.8 Å². The fourth-order valence-electron chi connectivity index (χ4n) is 5.16. The fraction of sp³-hybridized carbons (Fsp3) is 0.310. The maximum Gasteiger partial charge on any atom is 0.240 e. The van der Waals surface area contributed by atoms with Gasteiger partial charge in [-0.3, -0.25) is 14.6 Å². The lowest BCUT2D eigenvalue weighted by molar-refractivity contribution is -0.117. The molecule has 0 saturated carbocycles. The molecule has 0 aliphatic carbocycles. The number of aliphatic hydroxyl groups is 1. The highest BCUT2D eigenvalue weighted by atomic mass is 32.1. The molecule has 10 heteroatoms. The highest BCUT2D eigenvalue weighted by Gasteiger charge is 2.22. The summed E-state index contributed by atoms with van der Waals surface area (Å²) in [7, 11) is 1.61. The lowest BCUT2D eigenvalue weighted by atomic mass is 10.1. The number of amides is 1. The Balaban J connectivity index is 0.973. The average molecular weight is 546 g/mol. The summed E-state index contributed by atoms with van der Waals surface area (Å²) in [6.45, 7) is 4.11. The van der Waals surface area contributed by atoms with E-state index < -0.39 is 6.10 Å². The smallest absolute Gasteiger partial charge is 0.240 e. The first-order valence-electron chi connectivity index (χ1n) is 13.1. The highest BCUT2D eigenvalue weighted by Crippen LogP contribution is 2.33. The summed E-state index contributed by atoms with van der Waals surface area (Å²) >= 11 is 1.44. The number of para-hydroxylation sites is 2. The predicted molar refractivity (Wildman–Crippen MR) is 155 cm³/mol. The third kappa shape index (κ3) is 5.55. The molecule has 1 fully saturated rings. The van der Waals surface area contributed by atoms with Crippen LogP contribution in [0.4, 0.5) is 5.13 Å². The van der Waals surface area contributed by atoms with E-state index >= 15 is 0 Å². The zero-order valence-electron chi connectivity index (χ0n) is 21.7. The number of carbonyl (C=O) groups excluding carboxylic acids is 1. The van der Waals surface area contributed by atoms with Gasteiger partial charge < -0.3 is 24.9 Å². The number of aromatic amines is 1. The van der Waals surface area contributed by atoms with Crippen LogP contribution in [0, 0.1) is 0 Å². The number of thiazole rings is 1. The van der Waals surface area contributed by atoms with Crippen molar-refractivity contribution in [2.45, 2.75) is 6.10 Å². The molecule has 2 aromatic heterocycles. The number of aliphatic hydroxyl groups excluding tert-OH is 1. The SMILES string of the molecule is COc1cccc2sc(NC(=O)CN3CCN(CC(O)COc4cccc5[nH]c6ccccc6c45)CC3)nc12. The molecule has 1 unspecified atom stereocenters. The van der Waals surface area contributed by atoms with Gasteiger partial charge in [0.15, 0.2) is 5.13 Å². The van der Waals surface area contributed by atoms with Crippen LogP contribution in [0.25, 0.3) is 32.0 Å². The van der Waals surface area contributed by atoms with Crippen LogP contribution >= 0.6 is 11.3 Å². The van der Waals surface area contributed by atoms with E-state index in [9.17, 15) is 9.90 Å². The Labute approximate surface area is 229 Å². The van der Waals surface area contributed by atoms with Crippen LogP contribution in [-0.4, -0.2) is 89.9 Å². The summed E-state index contributed by atoms with van der Waals surface area (Å²) < 4.78 is 12.4. The van der Waals surface area contributed by atoms with Crippen molar-refractivity contribution in [3.8, 4) is 11.5 Å². The van der Waals surface area contributed by atoms with Gasteiger partial charge in [0.2, 0.25) is 5.91 Å². The number of carbonyl (C=O) groups is 1. The fourth-order valence-corrected chi connectivity index (χ4v) is 6.06. The second-order valence-corrected chi connectivity index (χ2v) is 10.8. The number of hydrogen-bond acceptors (Lipinski definition) is 8. The van der Waals surface area contributed by atoms with Gasteiger partial charge in [-0.05, 0) is 30.3 Å². The summed E-state index contributed by atoms with van der Waals surface area (Å²) in [5, 5.41) is 16.4. The van der Waals surface area contributed by atoms with Crippen LogP contribution < -0.4 is 14.8 Å². The molecule has 1 atom stereocenters. The molecule has 6 rings (SSSR count). The first-order chi connectivity index (χ1) is 19.1. The lowest BCUT2D eigenvalue weighted by Crippen LogP contribution is -2.50. The number of piperazine rings is 1. The molecule has 1 aliphatic rings. The number of nitrogens with zero attached hydrogens (tertiary/aromatic N) is 3. The number of hydrogen-bond donors (Lipinski definition) is 3. The largest absolute Gasteiger partial charge is 0.494 e. The molecule has 1 saturated heterocycles. The number of ether oxygens (including phenoxy) is 2. The zero-order valence-corrected chi connectivity index (χ0v) is 22.5. The van der Waals surface area contributed by atoms with Gasteiger partial charge >= 0.3 is 0 Å². The first kappa shape index (κ1) is 25.6. The molecular weight excluding hydrogens is 514 g/mol. The van der Waals surface area contributed by atoms with Crippen LogP contribution in [-0.2, 0) is 4.79 Å². The van der Waals surface area contributed by atoms with E-state index in [0.717, 1.165) is 64.0 Å². The Morgan fingerprint density at radius 3 is 2.62 bits per heavy atom. The van der Waals surface area contributed by atoms with Crippen LogP contribution in [0.1, 0.15) is 0 Å². The van der Waals surface area contributed by atoms with Gasteiger partial charge in [0.25, 0.3) is 0 Å². The van der Waals surface area contributed by atoms with E-state index in [1.807, 2.05) is 48.5 Å². The van der Waals surface area contributed by atoms with Crippen LogP contribution in [0.3, 0.4) is 0 Å². The minimum Gasteiger partial charge on any atom is -0.494 e. The topological polar surface area (TPSA) is 103 Å². The van der Waals surface area contributed by atoms with Crippen molar-refractivity contribution in [2.75, 3.05) is 58.3 Å². The molecule has 0 radical (unpaired) electrons. The minimum absolute atomic E-state index is 0.0821. The second-order valence-electron chi connectivity index (χ2n) is 9.77. The van der Waals surface area contributed by atoms with Crippen LogP contribution in [0.2, 0.25) is 0 Å². The predicted octanol–water partition coefficient (Wildman–Crippen LogP) is 3.94. The van der Waals surface area contributed by atoms with Crippen molar-refractivity contribution < 1.29 is 19.4 Å². The Morgan fingerprint density at radius 1 is 1.03 bits per heavy atom. The van der Waals surface area contributed by atoms with E-state index in [2.05, 4.69) is 37.2 Å². The second kappa shape index (κ2) is 11.2. The Hall–Kier alpha value is -3.70. The van der Waals surface area contributed by atoms with Gasteiger partial charge in [0, 0.05) is 49.0 Å². The summed E-state index contributed by atoms with van der Waals surface area (Å²) in [6.07, 6.45) is -0.615. The molecule has 3 N–H and O–H groups in total. The molecule has 3 heterocycles. The van der Waals surface area contributed by atoms with E-state index in [4.69, 9.17) is 9.47 Å². The molecule has 9 nitrogen and oxygen atoms in total. The van der Waals surface area contributed by atoms with Gasteiger partial charge in [-0.2, -0.15) is 0 Å². The lowest BCUT2D eigenvalue weighted by Gasteiger charge is -2.35. The van der Waals surface area contributed by atoms with Gasteiger partial charge in [0.1, 0.15) is 29.7 Å².